The second kappa shape index (κ2) is 4.87. The zero-order valence-electron chi connectivity index (χ0n) is 10.0. The zero-order valence-corrected chi connectivity index (χ0v) is 10.0. The molecule has 0 unspecified atom stereocenters. The molecule has 2 rings (SSSR count). The minimum absolute atomic E-state index is 0.0840. The molecule has 0 atom stereocenters. The van der Waals surface area contributed by atoms with E-state index < -0.39 is 0 Å². The predicted octanol–water partition coefficient (Wildman–Crippen LogP) is 1.83. The van der Waals surface area contributed by atoms with Crippen LogP contribution >= 0.6 is 0 Å². The van der Waals surface area contributed by atoms with Gasteiger partial charge >= 0.3 is 0 Å². The maximum Gasteiger partial charge on any atom is 0.231 e. The third kappa shape index (κ3) is 2.34. The van der Waals surface area contributed by atoms with Crippen LogP contribution in [-0.4, -0.2) is 22.8 Å². The third-order valence-electron chi connectivity index (χ3n) is 3.50. The van der Waals surface area contributed by atoms with Gasteiger partial charge in [0.2, 0.25) is 11.8 Å². The number of hydrogen-bond donors (Lipinski definition) is 2. The predicted molar refractivity (Wildman–Crippen MR) is 62.7 cm³/mol. The van der Waals surface area contributed by atoms with Crippen molar-refractivity contribution in [2.45, 2.75) is 44.4 Å². The maximum absolute atomic E-state index is 11.2. The molecule has 5 heteroatoms. The molecule has 1 amide bonds. The average Bonchev–Trinajstić information content (AvgIpc) is 2.97. The molecule has 0 saturated heterocycles. The molecule has 1 aliphatic rings. The normalized spacial score (nSPS) is 18.2. The van der Waals surface area contributed by atoms with E-state index in [1.54, 1.807) is 13.0 Å². The Balaban J connectivity index is 2.14. The van der Waals surface area contributed by atoms with Gasteiger partial charge in [-0.05, 0) is 12.8 Å². The number of carbonyl (C=O) groups is 1. The molecule has 94 valence electrons. The van der Waals surface area contributed by atoms with E-state index in [1.807, 2.05) is 0 Å². The van der Waals surface area contributed by atoms with E-state index in [1.165, 1.54) is 0 Å². The fraction of sp³-hybridized carbons (Fsp3) is 0.667. The summed E-state index contributed by atoms with van der Waals surface area (Å²) in [6.07, 6.45) is 4.46. The second-order valence-electron chi connectivity index (χ2n) is 4.62. The Labute approximate surface area is 100 Å². The van der Waals surface area contributed by atoms with Crippen molar-refractivity contribution in [1.82, 2.24) is 5.16 Å². The molecule has 1 aromatic heterocycles. The minimum atomic E-state index is -0.265. The Kier molecular flexibility index (Phi) is 3.47. The number of amides is 1. The number of hydrogen-bond acceptors (Lipinski definition) is 4. The summed E-state index contributed by atoms with van der Waals surface area (Å²) < 4.78 is 5.08. The zero-order chi connectivity index (χ0) is 12.3. The standard InChI is InChI=1S/C12H18N2O3/c1-2-10(16)13-11-7-9(14-17-11)12(8-15)5-3-4-6-12/h7,15H,2-6,8H2,1H3,(H,13,16). The number of nitrogens with zero attached hydrogens (tertiary/aromatic N) is 1. The van der Waals surface area contributed by atoms with Gasteiger partial charge in [-0.2, -0.15) is 0 Å². The summed E-state index contributed by atoms with van der Waals surface area (Å²) in [4.78, 5) is 11.2. The summed E-state index contributed by atoms with van der Waals surface area (Å²) in [6, 6.07) is 1.73. The minimum Gasteiger partial charge on any atom is -0.395 e. The van der Waals surface area contributed by atoms with E-state index in [0.29, 0.717) is 12.3 Å². The van der Waals surface area contributed by atoms with E-state index >= 15 is 0 Å². The van der Waals surface area contributed by atoms with Crippen LogP contribution in [0.5, 0.6) is 0 Å². The summed E-state index contributed by atoms with van der Waals surface area (Å²) in [7, 11) is 0. The fourth-order valence-corrected chi connectivity index (χ4v) is 2.36. The Hall–Kier alpha value is -1.36. The average molecular weight is 238 g/mol. The molecule has 1 heterocycles. The largest absolute Gasteiger partial charge is 0.395 e. The molecule has 0 radical (unpaired) electrons. The molecule has 1 fully saturated rings. The molecular formula is C12H18N2O3. The summed E-state index contributed by atoms with van der Waals surface area (Å²) in [5.74, 6) is 0.267. The fourth-order valence-electron chi connectivity index (χ4n) is 2.36. The van der Waals surface area contributed by atoms with Crippen molar-refractivity contribution < 1.29 is 14.4 Å². The highest BCUT2D eigenvalue weighted by atomic mass is 16.5. The number of nitrogens with one attached hydrogen (secondary N) is 1. The van der Waals surface area contributed by atoms with Crippen LogP contribution in [0, 0.1) is 0 Å². The molecule has 0 aliphatic heterocycles. The monoisotopic (exact) mass is 238 g/mol. The van der Waals surface area contributed by atoms with Crippen molar-refractivity contribution in [3.05, 3.63) is 11.8 Å². The number of anilines is 1. The smallest absolute Gasteiger partial charge is 0.231 e. The van der Waals surface area contributed by atoms with Gasteiger partial charge in [0.05, 0.1) is 12.3 Å². The number of aromatic nitrogens is 1. The lowest BCUT2D eigenvalue weighted by atomic mass is 9.84. The van der Waals surface area contributed by atoms with Crippen LogP contribution in [0.25, 0.3) is 0 Å². The van der Waals surface area contributed by atoms with Gasteiger partial charge in [-0.25, -0.2) is 0 Å². The number of carbonyl (C=O) groups excluding carboxylic acids is 1. The topological polar surface area (TPSA) is 75.4 Å². The molecule has 1 saturated carbocycles. The van der Waals surface area contributed by atoms with Gasteiger partial charge in [0, 0.05) is 17.9 Å². The molecule has 0 spiro atoms. The van der Waals surface area contributed by atoms with Crippen molar-refractivity contribution in [2.75, 3.05) is 11.9 Å². The van der Waals surface area contributed by atoms with E-state index in [-0.39, 0.29) is 17.9 Å². The summed E-state index contributed by atoms with van der Waals surface area (Å²) in [5, 5.41) is 16.1. The summed E-state index contributed by atoms with van der Waals surface area (Å²) in [5.41, 5.74) is 0.488. The highest BCUT2D eigenvalue weighted by Crippen LogP contribution is 2.40. The maximum atomic E-state index is 11.2. The second-order valence-corrected chi connectivity index (χ2v) is 4.62. The lowest BCUT2D eigenvalue weighted by molar-refractivity contribution is -0.116. The Morgan fingerprint density at radius 1 is 1.59 bits per heavy atom. The lowest BCUT2D eigenvalue weighted by Gasteiger charge is -2.22. The van der Waals surface area contributed by atoms with Crippen LogP contribution in [-0.2, 0) is 10.2 Å². The van der Waals surface area contributed by atoms with Gasteiger partial charge in [0.1, 0.15) is 0 Å². The van der Waals surface area contributed by atoms with Gasteiger partial charge in [0.15, 0.2) is 0 Å². The van der Waals surface area contributed by atoms with Crippen LogP contribution in [0.2, 0.25) is 0 Å². The lowest BCUT2D eigenvalue weighted by Crippen LogP contribution is -2.27. The van der Waals surface area contributed by atoms with E-state index in [0.717, 1.165) is 31.4 Å². The van der Waals surface area contributed by atoms with Gasteiger partial charge in [-0.15, -0.1) is 0 Å². The van der Waals surface area contributed by atoms with Crippen LogP contribution < -0.4 is 5.32 Å². The van der Waals surface area contributed by atoms with Gasteiger partial charge in [-0.3, -0.25) is 10.1 Å². The van der Waals surface area contributed by atoms with Crippen molar-refractivity contribution in [2.24, 2.45) is 0 Å². The molecule has 0 aromatic carbocycles. The van der Waals surface area contributed by atoms with Crippen molar-refractivity contribution >= 4 is 11.8 Å². The van der Waals surface area contributed by atoms with Crippen molar-refractivity contribution in [3.63, 3.8) is 0 Å². The molecular weight excluding hydrogens is 220 g/mol. The van der Waals surface area contributed by atoms with E-state index in [9.17, 15) is 9.90 Å². The van der Waals surface area contributed by atoms with Crippen LogP contribution in [0.3, 0.4) is 0 Å². The van der Waals surface area contributed by atoms with Gasteiger partial charge < -0.3 is 9.63 Å². The molecule has 1 aromatic rings. The van der Waals surface area contributed by atoms with Crippen molar-refractivity contribution in [1.29, 1.82) is 0 Å². The first-order valence-electron chi connectivity index (χ1n) is 6.08. The first kappa shape index (κ1) is 12.1. The molecule has 0 bridgehead atoms. The molecule has 5 nitrogen and oxygen atoms in total. The quantitative estimate of drug-likeness (QED) is 0.839. The highest BCUT2D eigenvalue weighted by Gasteiger charge is 2.38. The molecule has 1 aliphatic carbocycles. The SMILES string of the molecule is CCC(=O)Nc1cc(C2(CO)CCCC2)no1. The Morgan fingerprint density at radius 3 is 2.88 bits per heavy atom. The number of aliphatic hydroxyl groups excluding tert-OH is 1. The van der Waals surface area contributed by atoms with E-state index in [4.69, 9.17) is 4.52 Å². The highest BCUT2D eigenvalue weighted by molar-refractivity contribution is 5.89. The molecule has 17 heavy (non-hydrogen) atoms. The first-order chi connectivity index (χ1) is 8.20. The van der Waals surface area contributed by atoms with Crippen LogP contribution in [0.15, 0.2) is 10.6 Å². The molecule has 2 N–H and O–H groups in total. The first-order valence-corrected chi connectivity index (χ1v) is 6.08. The van der Waals surface area contributed by atoms with Crippen molar-refractivity contribution in [3.8, 4) is 0 Å². The van der Waals surface area contributed by atoms with Gasteiger partial charge in [-0.1, -0.05) is 24.9 Å². The summed E-state index contributed by atoms with van der Waals surface area (Å²) in [6.45, 7) is 1.86. The number of aliphatic hydroxyl groups is 1. The van der Waals surface area contributed by atoms with Gasteiger partial charge in [0.25, 0.3) is 0 Å². The number of rotatable bonds is 4. The Morgan fingerprint density at radius 2 is 2.29 bits per heavy atom. The third-order valence-corrected chi connectivity index (χ3v) is 3.50. The Bertz CT molecular complexity index is 394. The van der Waals surface area contributed by atoms with Crippen LogP contribution in [0.1, 0.15) is 44.7 Å². The summed E-state index contributed by atoms with van der Waals surface area (Å²) >= 11 is 0. The van der Waals surface area contributed by atoms with Crippen LogP contribution in [0.4, 0.5) is 5.88 Å². The van der Waals surface area contributed by atoms with E-state index in [2.05, 4.69) is 10.5 Å².